The van der Waals surface area contributed by atoms with Crippen LogP contribution in [0.1, 0.15) is 136 Å². The smallest absolute Gasteiger partial charge is 0.00927 e. The molecule has 2 aromatic rings. The predicted molar refractivity (Wildman–Crippen MR) is 140 cm³/mol. The maximum Gasteiger partial charge on any atom is 0.00927 e. The molecule has 0 N–H and O–H groups in total. The van der Waals surface area contributed by atoms with E-state index in [9.17, 15) is 0 Å². The molecule has 0 aliphatic carbocycles. The number of benzene rings is 2. The van der Waals surface area contributed by atoms with Gasteiger partial charge in [0, 0.05) is 5.92 Å². The van der Waals surface area contributed by atoms with Crippen molar-refractivity contribution in [2.24, 2.45) is 0 Å². The first-order chi connectivity index (χ1) is 13.9. The first-order valence-electron chi connectivity index (χ1n) is 12.2. The van der Waals surface area contributed by atoms with E-state index in [4.69, 9.17) is 0 Å². The Balaban J connectivity index is 2.87. The fourth-order valence-electron chi connectivity index (χ4n) is 4.91. The summed E-state index contributed by atoms with van der Waals surface area (Å²) in [4.78, 5) is 0. The first-order valence-corrected chi connectivity index (χ1v) is 12.2. The van der Waals surface area contributed by atoms with Gasteiger partial charge in [0.05, 0.1) is 0 Å². The average molecular weight is 421 g/mol. The van der Waals surface area contributed by atoms with Crippen molar-refractivity contribution in [3.05, 3.63) is 69.8 Å². The van der Waals surface area contributed by atoms with Crippen LogP contribution in [0.4, 0.5) is 0 Å². The highest BCUT2D eigenvalue weighted by atomic mass is 14.4. The zero-order valence-corrected chi connectivity index (χ0v) is 22.7. The van der Waals surface area contributed by atoms with E-state index in [1.165, 1.54) is 27.8 Å². The molecule has 0 fully saturated rings. The maximum absolute atomic E-state index is 2.53. The van der Waals surface area contributed by atoms with Gasteiger partial charge in [-0.05, 0) is 61.5 Å². The Morgan fingerprint density at radius 1 is 0.548 bits per heavy atom. The van der Waals surface area contributed by atoms with Crippen LogP contribution >= 0.6 is 0 Å². The Labute approximate surface area is 193 Å². The molecule has 2 rings (SSSR count). The van der Waals surface area contributed by atoms with E-state index < -0.39 is 0 Å². The van der Waals surface area contributed by atoms with Gasteiger partial charge in [-0.25, -0.2) is 0 Å². The summed E-state index contributed by atoms with van der Waals surface area (Å²) in [6.07, 6.45) is 1.11. The molecule has 0 nitrogen and oxygen atoms in total. The van der Waals surface area contributed by atoms with Crippen molar-refractivity contribution >= 4 is 0 Å². The third-order valence-corrected chi connectivity index (χ3v) is 6.54. The molecule has 0 saturated carbocycles. The minimum Gasteiger partial charge on any atom is -0.0645 e. The van der Waals surface area contributed by atoms with Crippen LogP contribution in [-0.4, -0.2) is 0 Å². The zero-order chi connectivity index (χ0) is 24.0. The molecule has 172 valence electrons. The molecule has 0 aromatic heterocycles. The van der Waals surface area contributed by atoms with Gasteiger partial charge in [-0.1, -0.05) is 126 Å². The third kappa shape index (κ3) is 5.63. The summed E-state index contributed by atoms with van der Waals surface area (Å²) in [6.45, 7) is 30.5. The summed E-state index contributed by atoms with van der Waals surface area (Å²) in [7, 11) is 0. The van der Waals surface area contributed by atoms with Gasteiger partial charge in [0.1, 0.15) is 0 Å². The minimum absolute atomic E-state index is 0.113. The molecule has 0 aliphatic heterocycles. The van der Waals surface area contributed by atoms with Crippen LogP contribution < -0.4 is 0 Å². The van der Waals surface area contributed by atoms with E-state index in [1.54, 1.807) is 5.56 Å². The van der Waals surface area contributed by atoms with Gasteiger partial charge in [-0.15, -0.1) is 0 Å². The van der Waals surface area contributed by atoms with Gasteiger partial charge >= 0.3 is 0 Å². The molecule has 0 bridgehead atoms. The normalized spacial score (nSPS) is 14.6. The second kappa shape index (κ2) is 8.42. The van der Waals surface area contributed by atoms with Gasteiger partial charge < -0.3 is 0 Å². The van der Waals surface area contributed by atoms with Crippen LogP contribution in [0.15, 0.2) is 36.4 Å². The molecule has 2 aromatic carbocycles. The fraction of sp³-hybridized carbons (Fsp3) is 0.613. The van der Waals surface area contributed by atoms with Gasteiger partial charge in [0.25, 0.3) is 0 Å². The summed E-state index contributed by atoms with van der Waals surface area (Å²) in [5, 5.41) is 0. The molecule has 1 unspecified atom stereocenters. The highest BCUT2D eigenvalue weighted by Gasteiger charge is 2.31. The zero-order valence-electron chi connectivity index (χ0n) is 22.7. The van der Waals surface area contributed by atoms with Crippen molar-refractivity contribution in [2.75, 3.05) is 0 Å². The van der Waals surface area contributed by atoms with E-state index in [1.807, 2.05) is 0 Å². The highest BCUT2D eigenvalue weighted by Crippen LogP contribution is 2.44. The molecule has 0 radical (unpaired) electrons. The predicted octanol–water partition coefficient (Wildman–Crippen LogP) is 9.42. The highest BCUT2D eigenvalue weighted by molar-refractivity contribution is 5.51. The number of hydrogen-bond donors (Lipinski definition) is 0. The van der Waals surface area contributed by atoms with Crippen molar-refractivity contribution in [1.82, 2.24) is 0 Å². The number of hydrogen-bond acceptors (Lipinski definition) is 0. The summed E-state index contributed by atoms with van der Waals surface area (Å²) >= 11 is 0. The van der Waals surface area contributed by atoms with Crippen molar-refractivity contribution in [3.8, 4) is 0 Å². The Morgan fingerprint density at radius 3 is 1.32 bits per heavy atom. The lowest BCUT2D eigenvalue weighted by atomic mass is 9.69. The number of rotatable bonds is 3. The molecule has 0 heterocycles. The van der Waals surface area contributed by atoms with E-state index in [2.05, 4.69) is 126 Å². The molecule has 0 amide bonds. The maximum atomic E-state index is 2.53. The molecular weight excluding hydrogens is 372 g/mol. The standard InChI is InChI=1S/C31H48/c1-14-22(21-18-19-23(28(2,3)4)26(20-21)31(11,12)13)27-24(29(5,6)7)16-15-17-25(27)30(8,9)10/h15-20,22H,14H2,1-13H3. The largest absolute Gasteiger partial charge is 0.0645 e. The molecule has 1 atom stereocenters. The Bertz CT molecular complexity index is 867. The van der Waals surface area contributed by atoms with Gasteiger partial charge in [-0.2, -0.15) is 0 Å². The lowest BCUT2D eigenvalue weighted by Gasteiger charge is -2.35. The van der Waals surface area contributed by atoms with Crippen LogP contribution in [-0.2, 0) is 21.7 Å². The Morgan fingerprint density at radius 2 is 0.968 bits per heavy atom. The van der Waals surface area contributed by atoms with Crippen LogP contribution in [0.3, 0.4) is 0 Å². The van der Waals surface area contributed by atoms with Crippen LogP contribution in [0.2, 0.25) is 0 Å². The van der Waals surface area contributed by atoms with E-state index in [-0.39, 0.29) is 21.7 Å². The summed E-state index contributed by atoms with van der Waals surface area (Å²) < 4.78 is 0. The SMILES string of the molecule is CCC(c1ccc(C(C)(C)C)c(C(C)(C)C)c1)c1c(C(C)(C)C)cccc1C(C)(C)C. The van der Waals surface area contributed by atoms with E-state index in [0.717, 1.165) is 6.42 Å². The van der Waals surface area contributed by atoms with Crippen molar-refractivity contribution in [1.29, 1.82) is 0 Å². The van der Waals surface area contributed by atoms with Crippen molar-refractivity contribution in [3.63, 3.8) is 0 Å². The summed E-state index contributed by atoms with van der Waals surface area (Å²) in [5.41, 5.74) is 9.43. The molecule has 0 aliphatic rings. The van der Waals surface area contributed by atoms with Crippen molar-refractivity contribution < 1.29 is 0 Å². The molecule has 0 heteroatoms. The van der Waals surface area contributed by atoms with Gasteiger partial charge in [0.15, 0.2) is 0 Å². The molecule has 31 heavy (non-hydrogen) atoms. The lowest BCUT2D eigenvalue weighted by molar-refractivity contribution is 0.526. The summed E-state index contributed by atoms with van der Waals surface area (Å²) in [5.74, 6) is 0.403. The minimum atomic E-state index is 0.113. The Kier molecular flexibility index (Phi) is 6.98. The molecular formula is C31H48. The van der Waals surface area contributed by atoms with Crippen LogP contribution in [0.25, 0.3) is 0 Å². The average Bonchev–Trinajstić information content (AvgIpc) is 2.59. The van der Waals surface area contributed by atoms with Gasteiger partial charge in [-0.3, -0.25) is 0 Å². The Hall–Kier alpha value is -1.56. The van der Waals surface area contributed by atoms with E-state index >= 15 is 0 Å². The second-order valence-corrected chi connectivity index (χ2v) is 13.5. The van der Waals surface area contributed by atoms with Crippen LogP contribution in [0.5, 0.6) is 0 Å². The molecule has 0 spiro atoms. The first kappa shape index (κ1) is 25.7. The van der Waals surface area contributed by atoms with E-state index in [0.29, 0.717) is 5.92 Å². The monoisotopic (exact) mass is 420 g/mol. The quantitative estimate of drug-likeness (QED) is 0.464. The topological polar surface area (TPSA) is 0 Å². The van der Waals surface area contributed by atoms with Gasteiger partial charge in [0.2, 0.25) is 0 Å². The van der Waals surface area contributed by atoms with Crippen LogP contribution in [0, 0.1) is 0 Å². The summed E-state index contributed by atoms with van der Waals surface area (Å²) in [6, 6.07) is 14.3. The second-order valence-electron chi connectivity index (χ2n) is 13.5. The third-order valence-electron chi connectivity index (χ3n) is 6.54. The van der Waals surface area contributed by atoms with Crippen molar-refractivity contribution in [2.45, 2.75) is 124 Å². The molecule has 0 saturated heterocycles. The fourth-order valence-corrected chi connectivity index (χ4v) is 4.91. The lowest BCUT2D eigenvalue weighted by Crippen LogP contribution is -2.25.